The van der Waals surface area contributed by atoms with Crippen molar-refractivity contribution < 1.29 is 9.18 Å². The predicted molar refractivity (Wildman–Crippen MR) is 73.0 cm³/mol. The van der Waals surface area contributed by atoms with E-state index in [9.17, 15) is 9.18 Å². The number of nitrogens with zero attached hydrogens (tertiary/aromatic N) is 1. The molecule has 0 aliphatic heterocycles. The molecule has 0 fully saturated rings. The Balaban J connectivity index is 2.28. The maximum atomic E-state index is 13.1. The lowest BCUT2D eigenvalue weighted by Crippen LogP contribution is -2.14. The summed E-state index contributed by atoms with van der Waals surface area (Å²) in [7, 11) is 0. The highest BCUT2D eigenvalue weighted by Crippen LogP contribution is 2.19. The number of amides is 1. The summed E-state index contributed by atoms with van der Waals surface area (Å²) >= 11 is 5.79. The van der Waals surface area contributed by atoms with E-state index in [1.165, 1.54) is 0 Å². The molecular weight excluding hydrogens is 267 g/mol. The van der Waals surface area contributed by atoms with E-state index in [2.05, 4.69) is 10.3 Å². The molecule has 5 heteroatoms. The molecule has 0 spiro atoms. The van der Waals surface area contributed by atoms with Crippen LogP contribution in [0, 0.1) is 5.82 Å². The molecule has 3 nitrogen and oxygen atoms in total. The molecular formula is C14H12ClFN2O. The first-order valence-electron chi connectivity index (χ1n) is 5.82. The zero-order chi connectivity index (χ0) is 13.8. The van der Waals surface area contributed by atoms with Gasteiger partial charge in [-0.15, -0.1) is 0 Å². The number of aromatic nitrogens is 1. The fraction of sp³-hybridized carbons (Fsp3) is 0.143. The monoisotopic (exact) mass is 278 g/mol. The zero-order valence-electron chi connectivity index (χ0n) is 10.3. The number of halogens is 2. The number of anilines is 1. The van der Waals surface area contributed by atoms with E-state index in [4.69, 9.17) is 11.6 Å². The van der Waals surface area contributed by atoms with Gasteiger partial charge in [0.25, 0.3) is 5.91 Å². The molecule has 0 bridgehead atoms. The number of carbonyl (C=O) groups excluding carboxylic acids is 1. The smallest absolute Gasteiger partial charge is 0.258 e. The van der Waals surface area contributed by atoms with Crippen LogP contribution in [0.2, 0.25) is 5.15 Å². The molecule has 0 radical (unpaired) electrons. The topological polar surface area (TPSA) is 42.0 Å². The quantitative estimate of drug-likeness (QED) is 0.870. The van der Waals surface area contributed by atoms with E-state index in [1.54, 1.807) is 6.07 Å². The zero-order valence-corrected chi connectivity index (χ0v) is 11.0. The fourth-order valence-electron chi connectivity index (χ4n) is 1.72. The molecule has 1 aromatic heterocycles. The number of hydrogen-bond acceptors (Lipinski definition) is 2. The molecule has 1 heterocycles. The van der Waals surface area contributed by atoms with Crippen LogP contribution in [-0.2, 0) is 6.42 Å². The summed E-state index contributed by atoms with van der Waals surface area (Å²) in [4.78, 5) is 15.7. The van der Waals surface area contributed by atoms with Gasteiger partial charge in [0.15, 0.2) is 0 Å². The minimum Gasteiger partial charge on any atom is -0.322 e. The van der Waals surface area contributed by atoms with Gasteiger partial charge < -0.3 is 5.32 Å². The standard InChI is InChI=1S/C14H12ClFN2O/c1-2-9-5-3-4-6-12(9)18-14(19)11-7-10(16)8-17-13(11)15/h3-8H,2H2,1H3,(H,18,19). The van der Waals surface area contributed by atoms with E-state index in [-0.39, 0.29) is 10.7 Å². The molecule has 2 aromatic rings. The van der Waals surface area contributed by atoms with E-state index in [1.807, 2.05) is 25.1 Å². The van der Waals surface area contributed by atoms with Crippen molar-refractivity contribution in [2.24, 2.45) is 0 Å². The normalized spacial score (nSPS) is 10.3. The Bertz CT molecular complexity index is 616. The molecule has 0 aliphatic rings. The van der Waals surface area contributed by atoms with Gasteiger partial charge in [0.1, 0.15) is 11.0 Å². The highest BCUT2D eigenvalue weighted by atomic mass is 35.5. The van der Waals surface area contributed by atoms with Gasteiger partial charge in [0.05, 0.1) is 11.8 Å². The summed E-state index contributed by atoms with van der Waals surface area (Å²) in [5.41, 5.74) is 1.71. The summed E-state index contributed by atoms with van der Waals surface area (Å²) in [6.07, 6.45) is 1.75. The van der Waals surface area contributed by atoms with Crippen LogP contribution in [0.4, 0.5) is 10.1 Å². The van der Waals surface area contributed by atoms with Crippen LogP contribution in [0.1, 0.15) is 22.8 Å². The number of benzene rings is 1. The SMILES string of the molecule is CCc1ccccc1NC(=O)c1cc(F)cnc1Cl. The first-order chi connectivity index (χ1) is 9.11. The number of aryl methyl sites for hydroxylation is 1. The third-order valence-electron chi connectivity index (χ3n) is 2.70. The number of hydrogen-bond donors (Lipinski definition) is 1. The van der Waals surface area contributed by atoms with Gasteiger partial charge in [-0.3, -0.25) is 4.79 Å². The average molecular weight is 279 g/mol. The fourth-order valence-corrected chi connectivity index (χ4v) is 1.91. The Hall–Kier alpha value is -1.94. The van der Waals surface area contributed by atoms with E-state index < -0.39 is 11.7 Å². The van der Waals surface area contributed by atoms with Crippen molar-refractivity contribution in [3.8, 4) is 0 Å². The molecule has 0 aliphatic carbocycles. The summed E-state index contributed by atoms with van der Waals surface area (Å²) in [5.74, 6) is -1.07. The Morgan fingerprint density at radius 3 is 2.89 bits per heavy atom. The number of pyridine rings is 1. The van der Waals surface area contributed by atoms with Gasteiger partial charge in [-0.25, -0.2) is 9.37 Å². The third-order valence-corrected chi connectivity index (χ3v) is 3.00. The highest BCUT2D eigenvalue weighted by Gasteiger charge is 2.14. The molecule has 1 amide bonds. The van der Waals surface area contributed by atoms with Gasteiger partial charge in [0, 0.05) is 5.69 Å². The van der Waals surface area contributed by atoms with Crippen LogP contribution in [0.5, 0.6) is 0 Å². The van der Waals surface area contributed by atoms with Crippen LogP contribution in [0.25, 0.3) is 0 Å². The third kappa shape index (κ3) is 3.09. The molecule has 1 N–H and O–H groups in total. The lowest BCUT2D eigenvalue weighted by atomic mass is 10.1. The number of carbonyl (C=O) groups is 1. The average Bonchev–Trinajstić information content (AvgIpc) is 2.42. The molecule has 1 aromatic carbocycles. The summed E-state index contributed by atoms with van der Waals surface area (Å²) < 4.78 is 13.1. The molecule has 98 valence electrons. The van der Waals surface area contributed by atoms with Crippen LogP contribution in [0.3, 0.4) is 0 Å². The molecule has 0 atom stereocenters. The molecule has 0 unspecified atom stereocenters. The van der Waals surface area contributed by atoms with Crippen molar-refractivity contribution >= 4 is 23.2 Å². The van der Waals surface area contributed by atoms with E-state index in [0.717, 1.165) is 24.2 Å². The van der Waals surface area contributed by atoms with Crippen molar-refractivity contribution in [1.29, 1.82) is 0 Å². The van der Waals surface area contributed by atoms with Gasteiger partial charge >= 0.3 is 0 Å². The lowest BCUT2D eigenvalue weighted by Gasteiger charge is -2.10. The van der Waals surface area contributed by atoms with Crippen LogP contribution < -0.4 is 5.32 Å². The summed E-state index contributed by atoms with van der Waals surface area (Å²) in [5, 5.41) is 2.70. The van der Waals surface area contributed by atoms with Crippen LogP contribution >= 0.6 is 11.6 Å². The second-order valence-electron chi connectivity index (χ2n) is 3.96. The maximum Gasteiger partial charge on any atom is 0.258 e. The van der Waals surface area contributed by atoms with Crippen molar-refractivity contribution in [2.75, 3.05) is 5.32 Å². The maximum absolute atomic E-state index is 13.1. The molecule has 19 heavy (non-hydrogen) atoms. The second kappa shape index (κ2) is 5.80. The molecule has 0 saturated heterocycles. The number of para-hydroxylation sites is 1. The largest absolute Gasteiger partial charge is 0.322 e. The van der Waals surface area contributed by atoms with Gasteiger partial charge in [0.2, 0.25) is 0 Å². The Morgan fingerprint density at radius 1 is 1.42 bits per heavy atom. The van der Waals surface area contributed by atoms with Crippen LogP contribution in [-0.4, -0.2) is 10.9 Å². The molecule has 2 rings (SSSR count). The van der Waals surface area contributed by atoms with Gasteiger partial charge in [-0.1, -0.05) is 36.7 Å². The van der Waals surface area contributed by atoms with Crippen molar-refractivity contribution in [3.05, 3.63) is 58.6 Å². The minimum absolute atomic E-state index is 0.0205. The van der Waals surface area contributed by atoms with E-state index in [0.29, 0.717) is 5.69 Å². The van der Waals surface area contributed by atoms with Crippen LogP contribution in [0.15, 0.2) is 36.5 Å². The van der Waals surface area contributed by atoms with Gasteiger partial charge in [-0.05, 0) is 24.1 Å². The number of nitrogens with one attached hydrogen (secondary N) is 1. The Morgan fingerprint density at radius 2 is 2.16 bits per heavy atom. The van der Waals surface area contributed by atoms with Crippen molar-refractivity contribution in [1.82, 2.24) is 4.98 Å². The molecule has 0 saturated carbocycles. The highest BCUT2D eigenvalue weighted by molar-refractivity contribution is 6.33. The van der Waals surface area contributed by atoms with Crippen molar-refractivity contribution in [2.45, 2.75) is 13.3 Å². The lowest BCUT2D eigenvalue weighted by molar-refractivity contribution is 0.102. The van der Waals surface area contributed by atoms with Gasteiger partial charge in [-0.2, -0.15) is 0 Å². The second-order valence-corrected chi connectivity index (χ2v) is 4.31. The van der Waals surface area contributed by atoms with Crippen molar-refractivity contribution in [3.63, 3.8) is 0 Å². The summed E-state index contributed by atoms with van der Waals surface area (Å²) in [6, 6.07) is 8.49. The predicted octanol–water partition coefficient (Wildman–Crippen LogP) is 3.69. The Labute approximate surface area is 115 Å². The Kier molecular flexibility index (Phi) is 4.12. The first kappa shape index (κ1) is 13.5. The minimum atomic E-state index is -0.599. The number of rotatable bonds is 3. The van der Waals surface area contributed by atoms with E-state index >= 15 is 0 Å². The first-order valence-corrected chi connectivity index (χ1v) is 6.20. The summed E-state index contributed by atoms with van der Waals surface area (Å²) in [6.45, 7) is 1.99.